The molecule has 3 rings (SSSR count). The van der Waals surface area contributed by atoms with E-state index in [1.807, 2.05) is 6.92 Å². The molecule has 0 aliphatic carbocycles. The lowest BCUT2D eigenvalue weighted by Gasteiger charge is -2.29. The van der Waals surface area contributed by atoms with Crippen LogP contribution in [0.3, 0.4) is 0 Å². The highest BCUT2D eigenvalue weighted by atomic mass is 16.3. The summed E-state index contributed by atoms with van der Waals surface area (Å²) in [6, 6.07) is -0.484. The van der Waals surface area contributed by atoms with Gasteiger partial charge in [-0.05, 0) is 19.3 Å². The van der Waals surface area contributed by atoms with Crippen molar-refractivity contribution in [1.29, 1.82) is 0 Å². The van der Waals surface area contributed by atoms with Gasteiger partial charge in [-0.15, -0.1) is 5.10 Å². The molecule has 1 aromatic rings. The summed E-state index contributed by atoms with van der Waals surface area (Å²) in [5.41, 5.74) is 0.664. The molecule has 0 spiro atoms. The van der Waals surface area contributed by atoms with Crippen LogP contribution < -0.4 is 5.32 Å². The van der Waals surface area contributed by atoms with Gasteiger partial charge in [-0.25, -0.2) is 4.68 Å². The summed E-state index contributed by atoms with van der Waals surface area (Å²) in [4.78, 5) is 39.2. The second-order valence-electron chi connectivity index (χ2n) is 7.54. The second kappa shape index (κ2) is 8.68. The Balaban J connectivity index is 1.58. The van der Waals surface area contributed by atoms with Gasteiger partial charge < -0.3 is 20.2 Å². The van der Waals surface area contributed by atoms with Crippen LogP contribution in [0.1, 0.15) is 51.3 Å². The zero-order chi connectivity index (χ0) is 20.3. The lowest BCUT2D eigenvalue weighted by molar-refractivity contribution is -0.137. The van der Waals surface area contributed by atoms with Crippen molar-refractivity contribution < 1.29 is 19.5 Å². The van der Waals surface area contributed by atoms with E-state index < -0.39 is 12.1 Å². The molecule has 0 radical (unpaired) electrons. The van der Waals surface area contributed by atoms with E-state index in [0.717, 1.165) is 6.42 Å². The van der Waals surface area contributed by atoms with Crippen molar-refractivity contribution in [3.8, 4) is 0 Å². The zero-order valence-electron chi connectivity index (χ0n) is 16.4. The molecule has 2 aliphatic heterocycles. The Morgan fingerprint density at radius 3 is 2.86 bits per heavy atom. The normalized spacial score (nSPS) is 23.8. The standard InChI is InChI=1S/C18H28N6O4/c1-3-16(19-12(2)25)18(28)22-7-6-14(10-22)24-9-13(20-21-24)8-23-11-15(26)4-5-17(23)27/h9,14-16,26H,3-8,10-11H2,1-2H3,(H,19,25). The van der Waals surface area contributed by atoms with Crippen LogP contribution >= 0.6 is 0 Å². The highest BCUT2D eigenvalue weighted by Gasteiger charge is 2.32. The van der Waals surface area contributed by atoms with Crippen LogP contribution in [0.15, 0.2) is 6.20 Å². The Bertz CT molecular complexity index is 735. The summed E-state index contributed by atoms with van der Waals surface area (Å²) < 4.78 is 1.74. The van der Waals surface area contributed by atoms with Crippen molar-refractivity contribution >= 4 is 17.7 Å². The summed E-state index contributed by atoms with van der Waals surface area (Å²) >= 11 is 0. The first-order chi connectivity index (χ1) is 13.4. The fourth-order valence-electron chi connectivity index (χ4n) is 3.77. The van der Waals surface area contributed by atoms with Gasteiger partial charge in [-0.2, -0.15) is 0 Å². The quantitative estimate of drug-likeness (QED) is 0.670. The molecule has 154 valence electrons. The number of carbonyl (C=O) groups excluding carboxylic acids is 3. The van der Waals surface area contributed by atoms with E-state index in [4.69, 9.17) is 0 Å². The first kappa shape index (κ1) is 20.2. The Hall–Kier alpha value is -2.49. The van der Waals surface area contributed by atoms with Gasteiger partial charge in [0.1, 0.15) is 11.7 Å². The molecule has 3 amide bonds. The summed E-state index contributed by atoms with van der Waals surface area (Å²) in [6.07, 6.45) is 3.47. The molecule has 2 saturated heterocycles. The molecule has 2 fully saturated rings. The molecule has 3 unspecified atom stereocenters. The predicted molar refractivity (Wildman–Crippen MR) is 98.8 cm³/mol. The summed E-state index contributed by atoms with van der Waals surface area (Å²) in [5.74, 6) is -0.274. The minimum absolute atomic E-state index is 0.0149. The number of aromatic nitrogens is 3. The molecular weight excluding hydrogens is 364 g/mol. The molecule has 0 aromatic carbocycles. The second-order valence-corrected chi connectivity index (χ2v) is 7.54. The summed E-state index contributed by atoms with van der Waals surface area (Å²) in [5, 5.41) is 20.8. The molecule has 3 atom stereocenters. The minimum atomic E-state index is -0.501. The van der Waals surface area contributed by atoms with Crippen molar-refractivity contribution in [3.63, 3.8) is 0 Å². The van der Waals surface area contributed by atoms with Gasteiger partial charge in [0.15, 0.2) is 0 Å². The van der Waals surface area contributed by atoms with E-state index in [1.54, 1.807) is 20.7 Å². The highest BCUT2D eigenvalue weighted by molar-refractivity contribution is 5.87. The Morgan fingerprint density at radius 1 is 1.36 bits per heavy atom. The fourth-order valence-corrected chi connectivity index (χ4v) is 3.77. The third kappa shape index (κ3) is 4.67. The molecule has 28 heavy (non-hydrogen) atoms. The van der Waals surface area contributed by atoms with Crippen LogP contribution in [0.4, 0.5) is 0 Å². The molecule has 0 saturated carbocycles. The summed E-state index contributed by atoms with van der Waals surface area (Å²) in [6.45, 7) is 5.04. The fraction of sp³-hybridized carbons (Fsp3) is 0.722. The van der Waals surface area contributed by atoms with Crippen molar-refractivity contribution in [2.45, 2.75) is 64.3 Å². The van der Waals surface area contributed by atoms with Crippen LogP contribution in [0.2, 0.25) is 0 Å². The van der Waals surface area contributed by atoms with Crippen molar-refractivity contribution in [2.75, 3.05) is 19.6 Å². The number of amides is 3. The van der Waals surface area contributed by atoms with Crippen molar-refractivity contribution in [1.82, 2.24) is 30.1 Å². The van der Waals surface area contributed by atoms with E-state index in [0.29, 0.717) is 51.1 Å². The molecule has 3 heterocycles. The lowest BCUT2D eigenvalue weighted by Crippen LogP contribution is -2.47. The van der Waals surface area contributed by atoms with Crippen LogP contribution in [-0.2, 0) is 20.9 Å². The van der Waals surface area contributed by atoms with E-state index >= 15 is 0 Å². The van der Waals surface area contributed by atoms with Gasteiger partial charge in [0.25, 0.3) is 0 Å². The van der Waals surface area contributed by atoms with Gasteiger partial charge in [0.2, 0.25) is 17.7 Å². The Kier molecular flexibility index (Phi) is 6.28. The summed E-state index contributed by atoms with van der Waals surface area (Å²) in [7, 11) is 0. The number of rotatable bonds is 6. The Labute approximate surface area is 163 Å². The number of nitrogens with zero attached hydrogens (tertiary/aromatic N) is 5. The molecule has 1 aromatic heterocycles. The van der Waals surface area contributed by atoms with Crippen molar-refractivity contribution in [3.05, 3.63) is 11.9 Å². The largest absolute Gasteiger partial charge is 0.391 e. The third-order valence-electron chi connectivity index (χ3n) is 5.32. The monoisotopic (exact) mass is 392 g/mol. The van der Waals surface area contributed by atoms with Crippen LogP contribution in [0.25, 0.3) is 0 Å². The number of carbonyl (C=O) groups is 3. The number of hydrogen-bond donors (Lipinski definition) is 2. The Morgan fingerprint density at radius 2 is 2.14 bits per heavy atom. The third-order valence-corrected chi connectivity index (χ3v) is 5.32. The molecule has 10 nitrogen and oxygen atoms in total. The SMILES string of the molecule is CCC(NC(C)=O)C(=O)N1CCC(n2cc(CN3CC(O)CCC3=O)nn2)C1. The van der Waals surface area contributed by atoms with Crippen LogP contribution in [0.5, 0.6) is 0 Å². The zero-order valence-corrected chi connectivity index (χ0v) is 16.4. The highest BCUT2D eigenvalue weighted by Crippen LogP contribution is 2.22. The van der Waals surface area contributed by atoms with E-state index in [2.05, 4.69) is 15.6 Å². The first-order valence-electron chi connectivity index (χ1n) is 9.79. The smallest absolute Gasteiger partial charge is 0.245 e. The topological polar surface area (TPSA) is 121 Å². The number of β-amino-alcohol motifs (C(OH)–C–C–N with tert-alkyl or cyclic N) is 1. The molecule has 2 N–H and O–H groups in total. The van der Waals surface area contributed by atoms with Gasteiger partial charge in [0.05, 0.1) is 24.9 Å². The molecule has 2 aliphatic rings. The molecule has 0 bridgehead atoms. The van der Waals surface area contributed by atoms with Crippen LogP contribution in [-0.4, -0.2) is 79.4 Å². The van der Waals surface area contributed by atoms with Gasteiger partial charge >= 0.3 is 0 Å². The van der Waals surface area contributed by atoms with E-state index in [-0.39, 0.29) is 23.8 Å². The van der Waals surface area contributed by atoms with E-state index in [9.17, 15) is 19.5 Å². The van der Waals surface area contributed by atoms with Crippen LogP contribution in [0, 0.1) is 0 Å². The first-order valence-corrected chi connectivity index (χ1v) is 9.79. The average molecular weight is 392 g/mol. The maximum atomic E-state index is 12.6. The van der Waals surface area contributed by atoms with Gasteiger partial charge in [0, 0.05) is 33.0 Å². The number of aliphatic hydroxyl groups excluding tert-OH is 1. The number of piperidine rings is 1. The molecule has 10 heteroatoms. The van der Waals surface area contributed by atoms with Crippen molar-refractivity contribution in [2.24, 2.45) is 0 Å². The maximum absolute atomic E-state index is 12.6. The average Bonchev–Trinajstić information content (AvgIpc) is 3.31. The predicted octanol–water partition coefficient (Wildman–Crippen LogP) is -0.550. The lowest BCUT2D eigenvalue weighted by atomic mass is 10.1. The minimum Gasteiger partial charge on any atom is -0.391 e. The van der Waals surface area contributed by atoms with Gasteiger partial charge in [-0.1, -0.05) is 12.1 Å². The number of aliphatic hydroxyl groups is 1. The number of hydrogen-bond acceptors (Lipinski definition) is 6. The maximum Gasteiger partial charge on any atom is 0.245 e. The number of nitrogens with one attached hydrogen (secondary N) is 1. The molecular formula is C18H28N6O4. The van der Waals surface area contributed by atoms with Gasteiger partial charge in [-0.3, -0.25) is 14.4 Å². The van der Waals surface area contributed by atoms with E-state index in [1.165, 1.54) is 6.92 Å². The number of likely N-dealkylation sites (tertiary alicyclic amines) is 2.